The van der Waals surface area contributed by atoms with Crippen molar-refractivity contribution in [3.8, 4) is 22.8 Å². The Kier molecular flexibility index (Phi) is 4.77. The average molecular weight is 461 g/mol. The van der Waals surface area contributed by atoms with Gasteiger partial charge in [-0.05, 0) is 63.4 Å². The molecule has 4 aromatic carbocycles. The maximum absolute atomic E-state index is 6.95. The van der Waals surface area contributed by atoms with Crippen molar-refractivity contribution >= 4 is 32.3 Å². The third kappa shape index (κ3) is 3.26. The van der Waals surface area contributed by atoms with Crippen molar-refractivity contribution in [3.63, 3.8) is 0 Å². The SMILES string of the molecule is Cc1c2c(c(CC(C)C)c3ccccc13)Oc1cc3cc(C(C)(C)C)ccc3c3cc[n+](C)c-2c13. The van der Waals surface area contributed by atoms with Gasteiger partial charge in [-0.1, -0.05) is 77.1 Å². The van der Waals surface area contributed by atoms with Crippen LogP contribution in [0.3, 0.4) is 0 Å². The lowest BCUT2D eigenvalue weighted by atomic mass is 9.84. The molecule has 0 atom stereocenters. The van der Waals surface area contributed by atoms with Crippen molar-refractivity contribution in [2.75, 3.05) is 0 Å². The highest BCUT2D eigenvalue weighted by Crippen LogP contribution is 2.52. The number of nitrogens with zero attached hydrogens (tertiary/aromatic N) is 1. The molecule has 0 N–H and O–H groups in total. The summed E-state index contributed by atoms with van der Waals surface area (Å²) in [5.41, 5.74) is 6.56. The lowest BCUT2D eigenvalue weighted by Crippen LogP contribution is -2.32. The number of hydrogen-bond donors (Lipinski definition) is 0. The first kappa shape index (κ1) is 22.1. The zero-order chi connectivity index (χ0) is 24.6. The van der Waals surface area contributed by atoms with Crippen molar-refractivity contribution in [3.05, 3.63) is 77.5 Å². The predicted molar refractivity (Wildman–Crippen MR) is 148 cm³/mol. The van der Waals surface area contributed by atoms with Gasteiger partial charge in [0.05, 0.1) is 10.9 Å². The molecule has 176 valence electrons. The standard InChI is InChI=1S/C33H34NO/c1-19(2)16-27-25-11-9-8-10-23(25)20(3)29-31-30-26(14-15-34(31)7)24-13-12-22(33(4,5)6)17-21(24)18-28(30)35-32(27)29/h8-15,17-19H,16H2,1-7H3/q+1. The summed E-state index contributed by atoms with van der Waals surface area (Å²) in [4.78, 5) is 0. The van der Waals surface area contributed by atoms with Crippen LogP contribution in [0.4, 0.5) is 0 Å². The van der Waals surface area contributed by atoms with Gasteiger partial charge in [-0.25, -0.2) is 4.57 Å². The molecular formula is C33H34NO+. The largest absolute Gasteiger partial charge is 0.455 e. The van der Waals surface area contributed by atoms with Crippen molar-refractivity contribution in [2.45, 2.75) is 53.4 Å². The van der Waals surface area contributed by atoms with Gasteiger partial charge in [-0.2, -0.15) is 0 Å². The highest BCUT2D eigenvalue weighted by molar-refractivity contribution is 6.16. The Morgan fingerprint density at radius 1 is 0.886 bits per heavy atom. The average Bonchev–Trinajstić information content (AvgIpc) is 2.81. The number of benzene rings is 4. The molecule has 0 fully saturated rings. The first-order valence-electron chi connectivity index (χ1n) is 12.8. The number of rotatable bonds is 2. The summed E-state index contributed by atoms with van der Waals surface area (Å²) in [5, 5.41) is 7.63. The van der Waals surface area contributed by atoms with E-state index >= 15 is 0 Å². The van der Waals surface area contributed by atoms with Crippen molar-refractivity contribution < 1.29 is 9.30 Å². The van der Waals surface area contributed by atoms with Crippen molar-refractivity contribution in [2.24, 2.45) is 13.0 Å². The van der Waals surface area contributed by atoms with Crippen LogP contribution in [0.5, 0.6) is 11.5 Å². The van der Waals surface area contributed by atoms with E-state index in [1.54, 1.807) is 0 Å². The van der Waals surface area contributed by atoms with E-state index in [2.05, 4.69) is 114 Å². The van der Waals surface area contributed by atoms with E-state index in [-0.39, 0.29) is 5.41 Å². The molecule has 2 heteroatoms. The van der Waals surface area contributed by atoms with Gasteiger partial charge in [0.2, 0.25) is 5.69 Å². The van der Waals surface area contributed by atoms with E-state index < -0.39 is 0 Å². The minimum atomic E-state index is 0.0998. The third-order valence-electron chi connectivity index (χ3n) is 7.66. The summed E-state index contributed by atoms with van der Waals surface area (Å²) in [6.45, 7) is 13.7. The Morgan fingerprint density at radius 3 is 2.34 bits per heavy atom. The summed E-state index contributed by atoms with van der Waals surface area (Å²) in [6, 6.07) is 20.3. The van der Waals surface area contributed by atoms with Crippen molar-refractivity contribution in [1.82, 2.24) is 0 Å². The number of hydrogen-bond acceptors (Lipinski definition) is 1. The first-order chi connectivity index (χ1) is 16.6. The molecule has 0 unspecified atom stereocenters. The van der Waals surface area contributed by atoms with Crippen LogP contribution in [0.1, 0.15) is 51.3 Å². The van der Waals surface area contributed by atoms with Gasteiger partial charge in [0.15, 0.2) is 6.20 Å². The van der Waals surface area contributed by atoms with Gasteiger partial charge < -0.3 is 4.74 Å². The molecule has 0 bridgehead atoms. The summed E-state index contributed by atoms with van der Waals surface area (Å²) in [6.07, 6.45) is 3.20. The first-order valence-corrected chi connectivity index (χ1v) is 12.8. The summed E-state index contributed by atoms with van der Waals surface area (Å²) in [5.74, 6) is 2.54. The van der Waals surface area contributed by atoms with Gasteiger partial charge in [-0.3, -0.25) is 0 Å². The van der Waals surface area contributed by atoms with E-state index in [9.17, 15) is 0 Å². The topological polar surface area (TPSA) is 13.1 Å². The van der Waals surface area contributed by atoms with Gasteiger partial charge in [0.25, 0.3) is 0 Å². The summed E-state index contributed by atoms with van der Waals surface area (Å²) in [7, 11) is 2.16. The Labute approximate surface area is 208 Å². The normalized spacial score (nSPS) is 13.0. The number of fused-ring (bicyclic) bond motifs is 5. The number of aromatic nitrogens is 1. The molecule has 2 heterocycles. The Morgan fingerprint density at radius 2 is 1.63 bits per heavy atom. The monoisotopic (exact) mass is 460 g/mol. The maximum Gasteiger partial charge on any atom is 0.228 e. The van der Waals surface area contributed by atoms with Gasteiger partial charge in [-0.15, -0.1) is 0 Å². The third-order valence-corrected chi connectivity index (χ3v) is 7.66. The van der Waals surface area contributed by atoms with Crippen LogP contribution in [0.2, 0.25) is 0 Å². The van der Waals surface area contributed by atoms with Crippen LogP contribution in [0.15, 0.2) is 60.8 Å². The molecule has 1 aromatic heterocycles. The van der Waals surface area contributed by atoms with E-state index in [4.69, 9.17) is 4.74 Å². The van der Waals surface area contributed by atoms with Gasteiger partial charge in [0.1, 0.15) is 18.5 Å². The molecule has 1 aliphatic heterocycles. The van der Waals surface area contributed by atoms with Gasteiger partial charge >= 0.3 is 0 Å². The quantitative estimate of drug-likeness (QED) is 0.186. The van der Waals surface area contributed by atoms with Crippen LogP contribution in [0.25, 0.3) is 43.6 Å². The van der Waals surface area contributed by atoms with E-state index in [0.29, 0.717) is 5.92 Å². The number of pyridine rings is 1. The second-order valence-electron chi connectivity index (χ2n) is 11.7. The lowest BCUT2D eigenvalue weighted by molar-refractivity contribution is -0.659. The molecule has 35 heavy (non-hydrogen) atoms. The highest BCUT2D eigenvalue weighted by Gasteiger charge is 2.33. The second-order valence-corrected chi connectivity index (χ2v) is 11.7. The van der Waals surface area contributed by atoms with E-state index in [1.807, 2.05) is 0 Å². The summed E-state index contributed by atoms with van der Waals surface area (Å²) < 4.78 is 9.23. The molecule has 0 radical (unpaired) electrons. The van der Waals surface area contributed by atoms with E-state index in [1.165, 1.54) is 60.3 Å². The molecule has 0 spiro atoms. The van der Waals surface area contributed by atoms with Crippen LogP contribution < -0.4 is 9.30 Å². The molecule has 6 rings (SSSR count). The molecule has 0 saturated heterocycles. The van der Waals surface area contributed by atoms with Crippen LogP contribution in [-0.4, -0.2) is 0 Å². The van der Waals surface area contributed by atoms with Gasteiger partial charge in [0, 0.05) is 17.0 Å². The fourth-order valence-electron chi connectivity index (χ4n) is 5.88. The van der Waals surface area contributed by atoms with E-state index in [0.717, 1.165) is 17.9 Å². The highest BCUT2D eigenvalue weighted by atomic mass is 16.5. The molecule has 0 aliphatic carbocycles. The second kappa shape index (κ2) is 7.55. The Balaban J connectivity index is 1.77. The minimum Gasteiger partial charge on any atom is -0.455 e. The van der Waals surface area contributed by atoms with Crippen LogP contribution in [-0.2, 0) is 18.9 Å². The molecular weight excluding hydrogens is 426 g/mol. The zero-order valence-electron chi connectivity index (χ0n) is 21.9. The fraction of sp³-hybridized carbons (Fsp3) is 0.303. The molecule has 5 aromatic rings. The Bertz CT molecular complexity index is 1670. The molecule has 0 saturated carbocycles. The minimum absolute atomic E-state index is 0.0998. The lowest BCUT2D eigenvalue weighted by Gasteiger charge is -2.26. The predicted octanol–water partition coefficient (Wildman–Crippen LogP) is 8.55. The maximum atomic E-state index is 6.95. The number of aryl methyl sites for hydroxylation is 2. The fourth-order valence-corrected chi connectivity index (χ4v) is 5.88. The molecule has 0 amide bonds. The summed E-state index contributed by atoms with van der Waals surface area (Å²) >= 11 is 0. The zero-order valence-corrected chi connectivity index (χ0v) is 21.9. The van der Waals surface area contributed by atoms with Crippen LogP contribution in [0, 0.1) is 12.8 Å². The van der Waals surface area contributed by atoms with Crippen molar-refractivity contribution in [1.29, 1.82) is 0 Å². The Hall–Kier alpha value is -3.39. The number of ether oxygens (including phenoxy) is 1. The van der Waals surface area contributed by atoms with Crippen LogP contribution >= 0.6 is 0 Å². The smallest absolute Gasteiger partial charge is 0.228 e. The molecule has 1 aliphatic rings. The molecule has 2 nitrogen and oxygen atoms in total.